The number of rotatable bonds is 6. The minimum absolute atomic E-state index is 0.0526. The van der Waals surface area contributed by atoms with Crippen molar-refractivity contribution in [3.63, 3.8) is 0 Å². The Hall–Kier alpha value is -0.220. The van der Waals surface area contributed by atoms with Crippen LogP contribution in [0.25, 0.3) is 0 Å². The van der Waals surface area contributed by atoms with Gasteiger partial charge in [0.05, 0.1) is 0 Å². The molecular formula is C8H18N2OS. The van der Waals surface area contributed by atoms with Gasteiger partial charge in [-0.1, -0.05) is 6.92 Å². The third kappa shape index (κ3) is 5.43. The Labute approximate surface area is 78.5 Å². The molecule has 0 aromatic rings. The summed E-state index contributed by atoms with van der Waals surface area (Å²) in [4.78, 5) is 11.2. The van der Waals surface area contributed by atoms with Gasteiger partial charge < -0.3 is 11.1 Å². The molecule has 0 spiro atoms. The highest BCUT2D eigenvalue weighted by Gasteiger charge is 2.09. The normalized spacial score (nSPS) is 12.6. The Balaban J connectivity index is 3.43. The van der Waals surface area contributed by atoms with Crippen LogP contribution in [0.2, 0.25) is 0 Å². The molecule has 3 nitrogen and oxygen atoms in total. The molecule has 0 radical (unpaired) electrons. The predicted molar refractivity (Wildman–Crippen MR) is 54.2 cm³/mol. The van der Waals surface area contributed by atoms with Crippen LogP contribution in [0.1, 0.15) is 13.3 Å². The second-order valence-corrected chi connectivity index (χ2v) is 3.75. The first-order valence-corrected chi connectivity index (χ1v) is 5.58. The molecule has 0 aliphatic carbocycles. The van der Waals surface area contributed by atoms with Gasteiger partial charge >= 0.3 is 0 Å². The van der Waals surface area contributed by atoms with Crippen LogP contribution in [0, 0.1) is 5.92 Å². The molecule has 1 atom stereocenters. The summed E-state index contributed by atoms with van der Waals surface area (Å²) in [7, 11) is 0. The van der Waals surface area contributed by atoms with E-state index in [-0.39, 0.29) is 11.8 Å². The van der Waals surface area contributed by atoms with Gasteiger partial charge in [0.15, 0.2) is 0 Å². The molecule has 72 valence electrons. The zero-order valence-corrected chi connectivity index (χ0v) is 8.62. The highest BCUT2D eigenvalue weighted by molar-refractivity contribution is 7.98. The fraction of sp³-hybridized carbons (Fsp3) is 0.875. The largest absolute Gasteiger partial charge is 0.355 e. The van der Waals surface area contributed by atoms with Crippen LogP contribution >= 0.6 is 11.8 Å². The van der Waals surface area contributed by atoms with Crippen LogP contribution in [-0.4, -0.2) is 31.0 Å². The van der Waals surface area contributed by atoms with Crippen molar-refractivity contribution < 1.29 is 4.79 Å². The fourth-order valence-corrected chi connectivity index (χ4v) is 1.14. The van der Waals surface area contributed by atoms with Crippen molar-refractivity contribution in [3.05, 3.63) is 0 Å². The van der Waals surface area contributed by atoms with E-state index < -0.39 is 0 Å². The second kappa shape index (κ2) is 7.43. The molecule has 1 unspecified atom stereocenters. The van der Waals surface area contributed by atoms with Gasteiger partial charge in [-0.3, -0.25) is 4.79 Å². The van der Waals surface area contributed by atoms with Gasteiger partial charge in [-0.05, 0) is 19.2 Å². The zero-order valence-electron chi connectivity index (χ0n) is 7.80. The minimum atomic E-state index is 0.0526. The molecule has 3 N–H and O–H groups in total. The van der Waals surface area contributed by atoms with Gasteiger partial charge in [0, 0.05) is 18.2 Å². The van der Waals surface area contributed by atoms with E-state index in [1.165, 1.54) is 0 Å². The molecule has 0 rings (SSSR count). The van der Waals surface area contributed by atoms with Crippen LogP contribution in [0.5, 0.6) is 0 Å². The molecule has 4 heteroatoms. The van der Waals surface area contributed by atoms with Crippen LogP contribution < -0.4 is 11.1 Å². The number of nitrogens with one attached hydrogen (secondary N) is 1. The number of hydrogen-bond donors (Lipinski definition) is 2. The zero-order chi connectivity index (χ0) is 9.40. The number of thioether (sulfide) groups is 1. The summed E-state index contributed by atoms with van der Waals surface area (Å²) in [5.74, 6) is 1.15. The summed E-state index contributed by atoms with van der Waals surface area (Å²) in [6.45, 7) is 3.24. The number of amides is 1. The monoisotopic (exact) mass is 190 g/mol. The molecule has 0 heterocycles. The van der Waals surface area contributed by atoms with Crippen molar-refractivity contribution in [2.45, 2.75) is 13.3 Å². The average molecular weight is 190 g/mol. The quantitative estimate of drug-likeness (QED) is 0.598. The van der Waals surface area contributed by atoms with Gasteiger partial charge in [0.2, 0.25) is 5.91 Å². The van der Waals surface area contributed by atoms with Gasteiger partial charge in [0.25, 0.3) is 0 Å². The van der Waals surface area contributed by atoms with E-state index in [0.29, 0.717) is 6.54 Å². The molecule has 0 aromatic heterocycles. The molecule has 0 aliphatic heterocycles. The van der Waals surface area contributed by atoms with Crippen molar-refractivity contribution in [2.75, 3.05) is 25.1 Å². The molecule has 0 fully saturated rings. The third-order valence-corrected chi connectivity index (χ3v) is 2.27. The molecular weight excluding hydrogens is 172 g/mol. The van der Waals surface area contributed by atoms with Crippen molar-refractivity contribution in [3.8, 4) is 0 Å². The first-order valence-electron chi connectivity index (χ1n) is 4.19. The van der Waals surface area contributed by atoms with Crippen LogP contribution in [0.3, 0.4) is 0 Å². The van der Waals surface area contributed by atoms with Gasteiger partial charge in [-0.2, -0.15) is 11.8 Å². The van der Waals surface area contributed by atoms with Crippen molar-refractivity contribution in [1.82, 2.24) is 5.32 Å². The Morgan fingerprint density at radius 1 is 1.67 bits per heavy atom. The van der Waals surface area contributed by atoms with Gasteiger partial charge in [-0.25, -0.2) is 0 Å². The molecule has 0 bridgehead atoms. The summed E-state index contributed by atoms with van der Waals surface area (Å²) >= 11 is 1.73. The van der Waals surface area contributed by atoms with E-state index in [1.807, 2.05) is 13.2 Å². The molecule has 0 saturated carbocycles. The highest BCUT2D eigenvalue weighted by Crippen LogP contribution is 1.99. The first kappa shape index (κ1) is 11.8. The van der Waals surface area contributed by atoms with Gasteiger partial charge in [0.1, 0.15) is 0 Å². The molecule has 0 saturated heterocycles. The lowest BCUT2D eigenvalue weighted by atomic mass is 10.1. The molecule has 1 amide bonds. The lowest BCUT2D eigenvalue weighted by molar-refractivity contribution is -0.124. The molecule has 12 heavy (non-hydrogen) atoms. The Morgan fingerprint density at radius 2 is 2.33 bits per heavy atom. The Kier molecular flexibility index (Phi) is 7.29. The molecule has 0 aliphatic rings. The van der Waals surface area contributed by atoms with Crippen molar-refractivity contribution in [2.24, 2.45) is 11.7 Å². The SMILES string of the molecule is CSCCNC(=O)C(C)CCN. The van der Waals surface area contributed by atoms with E-state index in [9.17, 15) is 4.79 Å². The summed E-state index contributed by atoms with van der Waals surface area (Å²) in [5, 5.41) is 2.85. The molecule has 0 aromatic carbocycles. The van der Waals surface area contributed by atoms with Crippen LogP contribution in [-0.2, 0) is 4.79 Å². The number of carbonyl (C=O) groups is 1. The lowest BCUT2D eigenvalue weighted by Crippen LogP contribution is -2.31. The average Bonchev–Trinajstić information content (AvgIpc) is 2.05. The summed E-state index contributed by atoms with van der Waals surface area (Å²) < 4.78 is 0. The van der Waals surface area contributed by atoms with Crippen LogP contribution in [0.15, 0.2) is 0 Å². The van der Waals surface area contributed by atoms with Crippen LogP contribution in [0.4, 0.5) is 0 Å². The number of nitrogens with two attached hydrogens (primary N) is 1. The summed E-state index contributed by atoms with van der Waals surface area (Å²) in [6.07, 6.45) is 2.79. The number of hydrogen-bond acceptors (Lipinski definition) is 3. The van der Waals surface area contributed by atoms with E-state index >= 15 is 0 Å². The standard InChI is InChI=1S/C8H18N2OS/c1-7(3-4-9)8(11)10-5-6-12-2/h7H,3-6,9H2,1-2H3,(H,10,11). The third-order valence-electron chi connectivity index (χ3n) is 1.65. The Morgan fingerprint density at radius 3 is 2.83 bits per heavy atom. The summed E-state index contributed by atoms with van der Waals surface area (Å²) in [5.41, 5.74) is 5.34. The van der Waals surface area contributed by atoms with Gasteiger partial charge in [-0.15, -0.1) is 0 Å². The second-order valence-electron chi connectivity index (χ2n) is 2.76. The fourth-order valence-electron chi connectivity index (χ4n) is 0.832. The van der Waals surface area contributed by atoms with Crippen molar-refractivity contribution in [1.29, 1.82) is 0 Å². The number of carbonyl (C=O) groups excluding carboxylic acids is 1. The maximum Gasteiger partial charge on any atom is 0.222 e. The smallest absolute Gasteiger partial charge is 0.222 e. The van der Waals surface area contributed by atoms with Crippen molar-refractivity contribution >= 4 is 17.7 Å². The highest BCUT2D eigenvalue weighted by atomic mass is 32.2. The maximum absolute atomic E-state index is 11.2. The van der Waals surface area contributed by atoms with E-state index in [0.717, 1.165) is 18.7 Å². The Bertz CT molecular complexity index is 130. The first-order chi connectivity index (χ1) is 5.72. The predicted octanol–water partition coefficient (Wildman–Crippen LogP) is 0.451. The summed E-state index contributed by atoms with van der Waals surface area (Å²) in [6, 6.07) is 0. The lowest BCUT2D eigenvalue weighted by Gasteiger charge is -2.09. The van der Waals surface area contributed by atoms with E-state index in [4.69, 9.17) is 5.73 Å². The maximum atomic E-state index is 11.2. The van der Waals surface area contributed by atoms with E-state index in [1.54, 1.807) is 11.8 Å². The topological polar surface area (TPSA) is 55.1 Å². The minimum Gasteiger partial charge on any atom is -0.355 e. The van der Waals surface area contributed by atoms with E-state index in [2.05, 4.69) is 5.32 Å².